The SMILES string of the molecule is COCCn1c(=O)n(-c2ccc(C#Cc3ccccc3)cc2Cl)c(=O)c2ccccc21.Cn1c(=O)n(-c2ccc(C#Cc3ccccc3)cc2Cl)c(=O)c2sc(N3CCOCC3)nc21. The lowest BCUT2D eigenvalue weighted by molar-refractivity contribution is 0.122. The third-order valence-electron chi connectivity index (χ3n) is 10.3. The van der Waals surface area contributed by atoms with Gasteiger partial charge in [-0.15, -0.1) is 0 Å². The quantitative estimate of drug-likeness (QED) is 0.166. The molecule has 4 heterocycles. The number of nitrogens with zero attached hydrogens (tertiary/aromatic N) is 6. The molecule has 0 aliphatic carbocycles. The van der Waals surface area contributed by atoms with Gasteiger partial charge in [-0.25, -0.2) is 23.7 Å². The minimum Gasteiger partial charge on any atom is -0.383 e. The largest absolute Gasteiger partial charge is 0.383 e. The average Bonchev–Trinajstić information content (AvgIpc) is 3.78. The van der Waals surface area contributed by atoms with Gasteiger partial charge in [0.05, 0.1) is 58.7 Å². The zero-order valence-corrected chi connectivity index (χ0v) is 36.9. The Morgan fingerprint density at radius 2 is 1.20 bits per heavy atom. The van der Waals surface area contributed by atoms with Crippen molar-refractivity contribution in [3.63, 3.8) is 0 Å². The summed E-state index contributed by atoms with van der Waals surface area (Å²) in [5.41, 5.74) is 2.88. The molecule has 15 heteroatoms. The van der Waals surface area contributed by atoms with E-state index in [1.165, 1.54) is 20.5 Å². The van der Waals surface area contributed by atoms with E-state index in [-0.39, 0.29) is 10.0 Å². The van der Waals surface area contributed by atoms with Gasteiger partial charge in [0.1, 0.15) is 4.70 Å². The number of aromatic nitrogens is 5. The molecule has 3 aromatic heterocycles. The maximum atomic E-state index is 13.3. The molecule has 64 heavy (non-hydrogen) atoms. The van der Waals surface area contributed by atoms with Crippen molar-refractivity contribution in [3.8, 4) is 35.1 Å². The van der Waals surface area contributed by atoms with E-state index >= 15 is 0 Å². The summed E-state index contributed by atoms with van der Waals surface area (Å²) >= 11 is 14.3. The summed E-state index contributed by atoms with van der Waals surface area (Å²) in [6.07, 6.45) is 0. The number of halogens is 2. The first kappa shape index (κ1) is 43.7. The number of para-hydroxylation sites is 1. The average molecular weight is 910 g/mol. The topological polar surface area (TPSA) is 123 Å². The van der Waals surface area contributed by atoms with Crippen LogP contribution < -0.4 is 27.4 Å². The molecule has 0 bridgehead atoms. The molecule has 0 amide bonds. The van der Waals surface area contributed by atoms with Crippen molar-refractivity contribution in [1.82, 2.24) is 23.3 Å². The normalized spacial score (nSPS) is 12.2. The second kappa shape index (κ2) is 19.6. The molecule has 1 aliphatic heterocycles. The maximum Gasteiger partial charge on any atom is 0.337 e. The second-order valence-corrected chi connectivity index (χ2v) is 16.2. The summed E-state index contributed by atoms with van der Waals surface area (Å²) in [7, 11) is 3.17. The third kappa shape index (κ3) is 9.22. The standard InChI is InChI=1S/C25H19ClN2O3.C24H19ClN4O3S/c1-31-16-15-27-22-10-6-5-9-20(22)24(29)28(25(27)30)23-14-13-19(17-21(23)26)12-11-18-7-3-2-4-8-18;1-27-21-20(33-23(26-21)28-11-13-32-14-12-28)22(30)29(24(27)31)19-10-9-17(15-18(19)25)8-7-16-5-3-2-4-6-16/h2-10,13-14,17H,15-16H2,1H3;2-6,9-10,15H,11-14H2,1H3. The van der Waals surface area contributed by atoms with Crippen LogP contribution in [0.4, 0.5) is 5.13 Å². The molecule has 9 rings (SSSR count). The number of ether oxygens (including phenoxy) is 2. The van der Waals surface area contributed by atoms with Gasteiger partial charge >= 0.3 is 11.4 Å². The van der Waals surface area contributed by atoms with Gasteiger partial charge in [0.15, 0.2) is 10.8 Å². The van der Waals surface area contributed by atoms with E-state index in [2.05, 4.69) is 33.6 Å². The smallest absolute Gasteiger partial charge is 0.337 e. The fraction of sp³-hybridized carbons (Fsp3) is 0.163. The number of aryl methyl sites for hydroxylation is 1. The zero-order chi connectivity index (χ0) is 44.7. The molecule has 12 nitrogen and oxygen atoms in total. The lowest BCUT2D eigenvalue weighted by Crippen LogP contribution is -2.39. The van der Waals surface area contributed by atoms with E-state index in [0.717, 1.165) is 20.3 Å². The molecule has 0 spiro atoms. The van der Waals surface area contributed by atoms with Crippen molar-refractivity contribution in [3.05, 3.63) is 195 Å². The molecular formula is C49H38Cl2N6O6S. The van der Waals surface area contributed by atoms with E-state index in [4.69, 9.17) is 32.7 Å². The molecule has 8 aromatic rings. The van der Waals surface area contributed by atoms with Crippen LogP contribution in [0.25, 0.3) is 32.6 Å². The van der Waals surface area contributed by atoms with Gasteiger partial charge in [0, 0.05) is 49.5 Å². The molecule has 320 valence electrons. The van der Waals surface area contributed by atoms with E-state index in [1.807, 2.05) is 60.7 Å². The van der Waals surface area contributed by atoms with Crippen molar-refractivity contribution >= 4 is 60.9 Å². The van der Waals surface area contributed by atoms with E-state index in [9.17, 15) is 19.2 Å². The Morgan fingerprint density at radius 1 is 0.672 bits per heavy atom. The highest BCUT2D eigenvalue weighted by molar-refractivity contribution is 7.22. The van der Waals surface area contributed by atoms with Gasteiger partial charge in [0.25, 0.3) is 11.1 Å². The first-order valence-electron chi connectivity index (χ1n) is 20.1. The highest BCUT2D eigenvalue weighted by Gasteiger charge is 2.22. The van der Waals surface area contributed by atoms with Crippen LogP contribution in [0.15, 0.2) is 141 Å². The predicted molar refractivity (Wildman–Crippen MR) is 254 cm³/mol. The fourth-order valence-electron chi connectivity index (χ4n) is 6.99. The minimum atomic E-state index is -0.503. The Labute approximate surface area is 380 Å². The van der Waals surface area contributed by atoms with Crippen molar-refractivity contribution in [2.75, 3.05) is 44.9 Å². The molecule has 1 saturated heterocycles. The Balaban J connectivity index is 0.000000175. The number of thiazole rings is 1. The molecule has 0 unspecified atom stereocenters. The van der Waals surface area contributed by atoms with Crippen LogP contribution in [-0.2, 0) is 23.1 Å². The Hall–Kier alpha value is -6.97. The van der Waals surface area contributed by atoms with Gasteiger partial charge in [-0.2, -0.15) is 0 Å². The number of morpholine rings is 1. The number of fused-ring (bicyclic) bond motifs is 2. The summed E-state index contributed by atoms with van der Waals surface area (Å²) in [6.45, 7) is 3.25. The van der Waals surface area contributed by atoms with Crippen LogP contribution in [0.2, 0.25) is 10.0 Å². The summed E-state index contributed by atoms with van der Waals surface area (Å²) in [5, 5.41) is 1.68. The van der Waals surface area contributed by atoms with Gasteiger partial charge in [0.2, 0.25) is 0 Å². The number of hydrogen-bond acceptors (Lipinski definition) is 9. The van der Waals surface area contributed by atoms with Crippen LogP contribution in [0.1, 0.15) is 22.3 Å². The van der Waals surface area contributed by atoms with Crippen molar-refractivity contribution in [1.29, 1.82) is 0 Å². The highest BCUT2D eigenvalue weighted by atomic mass is 35.5. The monoisotopic (exact) mass is 908 g/mol. The van der Waals surface area contributed by atoms with Crippen LogP contribution >= 0.6 is 34.5 Å². The fourth-order valence-corrected chi connectivity index (χ4v) is 8.60. The minimum absolute atomic E-state index is 0.270. The van der Waals surface area contributed by atoms with E-state index < -0.39 is 22.5 Å². The summed E-state index contributed by atoms with van der Waals surface area (Å²) in [5.74, 6) is 12.3. The third-order valence-corrected chi connectivity index (χ3v) is 12.0. The van der Waals surface area contributed by atoms with E-state index in [0.29, 0.717) is 88.3 Å². The number of rotatable bonds is 6. The Morgan fingerprint density at radius 3 is 1.77 bits per heavy atom. The number of hydrogen-bond donors (Lipinski definition) is 0. The second-order valence-electron chi connectivity index (χ2n) is 14.4. The van der Waals surface area contributed by atoms with Crippen molar-refractivity contribution in [2.45, 2.75) is 6.54 Å². The summed E-state index contributed by atoms with van der Waals surface area (Å²) in [6, 6.07) is 36.3. The van der Waals surface area contributed by atoms with Gasteiger partial charge < -0.3 is 14.4 Å². The lowest BCUT2D eigenvalue weighted by Gasteiger charge is -2.25. The van der Waals surface area contributed by atoms with Gasteiger partial charge in [-0.1, -0.05) is 107 Å². The molecule has 0 atom stereocenters. The van der Waals surface area contributed by atoms with Gasteiger partial charge in [-0.05, 0) is 72.8 Å². The molecular weight excluding hydrogens is 872 g/mol. The molecule has 1 fully saturated rings. The Bertz CT molecular complexity index is 3410. The zero-order valence-electron chi connectivity index (χ0n) is 34.6. The van der Waals surface area contributed by atoms with Crippen molar-refractivity contribution in [2.24, 2.45) is 7.05 Å². The van der Waals surface area contributed by atoms with Gasteiger partial charge in [-0.3, -0.25) is 18.7 Å². The lowest BCUT2D eigenvalue weighted by atomic mass is 10.1. The van der Waals surface area contributed by atoms with Crippen LogP contribution in [0.3, 0.4) is 0 Å². The molecule has 0 radical (unpaired) electrons. The molecule has 0 saturated carbocycles. The van der Waals surface area contributed by atoms with Crippen LogP contribution in [0, 0.1) is 23.7 Å². The number of anilines is 1. The predicted octanol–water partition coefficient (Wildman–Crippen LogP) is 6.89. The molecule has 1 aliphatic rings. The highest BCUT2D eigenvalue weighted by Crippen LogP contribution is 2.28. The van der Waals surface area contributed by atoms with Crippen molar-refractivity contribution < 1.29 is 9.47 Å². The first-order chi connectivity index (χ1) is 31.1. The first-order valence-corrected chi connectivity index (χ1v) is 21.6. The van der Waals surface area contributed by atoms with E-state index in [1.54, 1.807) is 74.8 Å². The summed E-state index contributed by atoms with van der Waals surface area (Å²) < 4.78 is 16.1. The Kier molecular flexibility index (Phi) is 13.4. The number of benzene rings is 5. The maximum absolute atomic E-state index is 13.3. The molecule has 5 aromatic carbocycles. The summed E-state index contributed by atoms with van der Waals surface area (Å²) in [4.78, 5) is 59.5. The molecule has 0 N–H and O–H groups in total. The van der Waals surface area contributed by atoms with Crippen LogP contribution in [0.5, 0.6) is 0 Å². The van der Waals surface area contributed by atoms with Crippen LogP contribution in [-0.4, -0.2) is 63.3 Å². The number of methoxy groups -OCH3 is 1.